The number of nitrogens with zero attached hydrogens (tertiary/aromatic N) is 3. The maximum atomic E-state index is 5.51. The van der Waals surface area contributed by atoms with Crippen LogP contribution in [0.2, 0.25) is 0 Å². The van der Waals surface area contributed by atoms with Gasteiger partial charge in [0.2, 0.25) is 0 Å². The van der Waals surface area contributed by atoms with Crippen molar-refractivity contribution >= 4 is 11.6 Å². The molecule has 0 aromatic carbocycles. The molecular formula is C13H25N5. The van der Waals surface area contributed by atoms with Gasteiger partial charge in [-0.2, -0.15) is 0 Å². The van der Waals surface area contributed by atoms with Gasteiger partial charge in [-0.3, -0.25) is 0 Å². The fourth-order valence-electron chi connectivity index (χ4n) is 1.93. The van der Waals surface area contributed by atoms with Crippen LogP contribution < -0.4 is 16.2 Å². The topological polar surface area (TPSA) is 67.1 Å². The van der Waals surface area contributed by atoms with Crippen molar-refractivity contribution in [2.75, 3.05) is 23.9 Å². The van der Waals surface area contributed by atoms with Gasteiger partial charge in [-0.15, -0.1) is 0 Å². The van der Waals surface area contributed by atoms with E-state index in [1.807, 2.05) is 13.8 Å². The lowest BCUT2D eigenvalue weighted by atomic mass is 10.2. The smallest absolute Gasteiger partial charge is 0.148 e. The van der Waals surface area contributed by atoms with E-state index in [0.29, 0.717) is 0 Å². The summed E-state index contributed by atoms with van der Waals surface area (Å²) < 4.78 is 0. The Balaban J connectivity index is 2.91. The maximum absolute atomic E-state index is 5.51. The van der Waals surface area contributed by atoms with Gasteiger partial charge in [0, 0.05) is 25.6 Å². The SMILES string of the molecule is CCCCCN(C)c1nc(CC)nc(NN)c1C. The summed E-state index contributed by atoms with van der Waals surface area (Å²) in [5, 5.41) is 0. The van der Waals surface area contributed by atoms with Crippen LogP contribution >= 0.6 is 0 Å². The molecule has 0 amide bonds. The lowest BCUT2D eigenvalue weighted by Gasteiger charge is -2.22. The summed E-state index contributed by atoms with van der Waals surface area (Å²) in [7, 11) is 2.07. The molecule has 1 aromatic heterocycles. The first kappa shape index (κ1) is 14.7. The average Bonchev–Trinajstić information content (AvgIpc) is 2.39. The van der Waals surface area contributed by atoms with Crippen LogP contribution in [-0.2, 0) is 6.42 Å². The number of aromatic nitrogens is 2. The molecule has 0 aliphatic rings. The van der Waals surface area contributed by atoms with Crippen LogP contribution in [0.15, 0.2) is 0 Å². The first-order chi connectivity index (χ1) is 8.63. The Hall–Kier alpha value is -1.36. The molecule has 0 aliphatic heterocycles. The van der Waals surface area contributed by atoms with Crippen LogP contribution in [0.4, 0.5) is 11.6 Å². The third-order valence-electron chi connectivity index (χ3n) is 3.08. The van der Waals surface area contributed by atoms with Crippen molar-refractivity contribution < 1.29 is 0 Å². The normalized spacial score (nSPS) is 10.5. The molecule has 0 spiro atoms. The highest BCUT2D eigenvalue weighted by atomic mass is 15.3. The van der Waals surface area contributed by atoms with E-state index in [2.05, 4.69) is 34.3 Å². The van der Waals surface area contributed by atoms with Crippen molar-refractivity contribution in [3.8, 4) is 0 Å². The van der Waals surface area contributed by atoms with E-state index in [0.717, 1.165) is 36.0 Å². The van der Waals surface area contributed by atoms with E-state index >= 15 is 0 Å². The van der Waals surface area contributed by atoms with Crippen LogP contribution in [0.5, 0.6) is 0 Å². The minimum Gasteiger partial charge on any atom is -0.359 e. The highest BCUT2D eigenvalue weighted by Gasteiger charge is 2.12. The largest absolute Gasteiger partial charge is 0.359 e. The third-order valence-corrected chi connectivity index (χ3v) is 3.08. The summed E-state index contributed by atoms with van der Waals surface area (Å²) in [6, 6.07) is 0. The zero-order valence-corrected chi connectivity index (χ0v) is 12.0. The molecule has 0 atom stereocenters. The maximum Gasteiger partial charge on any atom is 0.148 e. The van der Waals surface area contributed by atoms with Crippen molar-refractivity contribution in [3.05, 3.63) is 11.4 Å². The van der Waals surface area contributed by atoms with E-state index in [1.165, 1.54) is 19.3 Å². The Morgan fingerprint density at radius 1 is 1.22 bits per heavy atom. The van der Waals surface area contributed by atoms with Crippen molar-refractivity contribution in [3.63, 3.8) is 0 Å². The number of hydrogen-bond donors (Lipinski definition) is 2. The Kier molecular flexibility index (Phi) is 5.85. The van der Waals surface area contributed by atoms with E-state index in [9.17, 15) is 0 Å². The number of nitrogens with two attached hydrogens (primary N) is 1. The van der Waals surface area contributed by atoms with Crippen LogP contribution in [0, 0.1) is 6.92 Å². The molecule has 0 aliphatic carbocycles. The predicted molar refractivity (Wildman–Crippen MR) is 76.8 cm³/mol. The summed E-state index contributed by atoms with van der Waals surface area (Å²) in [6.07, 6.45) is 4.47. The van der Waals surface area contributed by atoms with Crippen LogP contribution in [-0.4, -0.2) is 23.6 Å². The molecule has 0 saturated heterocycles. The van der Waals surface area contributed by atoms with E-state index in [4.69, 9.17) is 5.84 Å². The average molecular weight is 251 g/mol. The van der Waals surface area contributed by atoms with Crippen LogP contribution in [0.1, 0.15) is 44.5 Å². The van der Waals surface area contributed by atoms with E-state index in [1.54, 1.807) is 0 Å². The molecule has 0 saturated carbocycles. The fraction of sp³-hybridized carbons (Fsp3) is 0.692. The standard InChI is InChI=1S/C13H25N5/c1-5-7-8-9-18(4)13-10(3)12(17-14)15-11(6-2)16-13/h5-9,14H2,1-4H3,(H,15,16,17). The zero-order chi connectivity index (χ0) is 13.5. The molecule has 3 N–H and O–H groups in total. The Morgan fingerprint density at radius 3 is 2.50 bits per heavy atom. The molecule has 0 radical (unpaired) electrons. The number of hydrogen-bond acceptors (Lipinski definition) is 5. The summed E-state index contributed by atoms with van der Waals surface area (Å²) in [5.41, 5.74) is 3.66. The number of unbranched alkanes of at least 4 members (excludes halogenated alkanes) is 2. The molecule has 0 bridgehead atoms. The summed E-state index contributed by atoms with van der Waals surface area (Å²) in [5.74, 6) is 8.03. The number of aryl methyl sites for hydroxylation is 1. The first-order valence-electron chi connectivity index (χ1n) is 6.69. The second-order valence-electron chi connectivity index (χ2n) is 4.56. The van der Waals surface area contributed by atoms with Gasteiger partial charge in [0.1, 0.15) is 17.5 Å². The fourth-order valence-corrected chi connectivity index (χ4v) is 1.93. The van der Waals surface area contributed by atoms with Gasteiger partial charge in [0.25, 0.3) is 0 Å². The highest BCUT2D eigenvalue weighted by molar-refractivity contribution is 5.57. The summed E-state index contributed by atoms with van der Waals surface area (Å²) >= 11 is 0. The second kappa shape index (κ2) is 7.16. The van der Waals surface area contributed by atoms with Gasteiger partial charge in [-0.25, -0.2) is 15.8 Å². The molecular weight excluding hydrogens is 226 g/mol. The lowest BCUT2D eigenvalue weighted by molar-refractivity contribution is 0.698. The van der Waals surface area contributed by atoms with Gasteiger partial charge in [-0.05, 0) is 13.3 Å². The molecule has 1 aromatic rings. The van der Waals surface area contributed by atoms with E-state index in [-0.39, 0.29) is 0 Å². The molecule has 5 nitrogen and oxygen atoms in total. The number of rotatable bonds is 7. The summed E-state index contributed by atoms with van der Waals surface area (Å²) in [4.78, 5) is 11.2. The second-order valence-corrected chi connectivity index (χ2v) is 4.56. The molecule has 18 heavy (non-hydrogen) atoms. The lowest BCUT2D eigenvalue weighted by Crippen LogP contribution is -2.23. The van der Waals surface area contributed by atoms with Gasteiger partial charge in [0.05, 0.1) is 0 Å². The number of nitrogen functional groups attached to an aromatic ring is 1. The molecule has 1 rings (SSSR count). The van der Waals surface area contributed by atoms with Gasteiger partial charge < -0.3 is 10.3 Å². The van der Waals surface area contributed by atoms with Crippen LogP contribution in [0.3, 0.4) is 0 Å². The number of hydrazine groups is 1. The first-order valence-corrected chi connectivity index (χ1v) is 6.69. The molecule has 0 fully saturated rings. The van der Waals surface area contributed by atoms with E-state index < -0.39 is 0 Å². The van der Waals surface area contributed by atoms with Crippen molar-refractivity contribution in [2.45, 2.75) is 46.5 Å². The monoisotopic (exact) mass is 251 g/mol. The molecule has 102 valence electrons. The Bertz CT molecular complexity index is 378. The van der Waals surface area contributed by atoms with Gasteiger partial charge in [0.15, 0.2) is 0 Å². The highest BCUT2D eigenvalue weighted by Crippen LogP contribution is 2.22. The van der Waals surface area contributed by atoms with Gasteiger partial charge in [-0.1, -0.05) is 26.7 Å². The summed E-state index contributed by atoms with van der Waals surface area (Å²) in [6.45, 7) is 7.27. The minimum atomic E-state index is 0.721. The molecule has 5 heteroatoms. The number of nitrogens with one attached hydrogen (secondary N) is 1. The van der Waals surface area contributed by atoms with Gasteiger partial charge >= 0.3 is 0 Å². The Labute approximate surface area is 110 Å². The van der Waals surface area contributed by atoms with Crippen molar-refractivity contribution in [1.82, 2.24) is 9.97 Å². The Morgan fingerprint density at radius 2 is 1.94 bits per heavy atom. The minimum absolute atomic E-state index is 0.721. The molecule has 0 unspecified atom stereocenters. The predicted octanol–water partition coefficient (Wildman–Crippen LogP) is 2.26. The zero-order valence-electron chi connectivity index (χ0n) is 12.0. The van der Waals surface area contributed by atoms with Crippen LogP contribution in [0.25, 0.3) is 0 Å². The third kappa shape index (κ3) is 3.57. The van der Waals surface area contributed by atoms with Crippen molar-refractivity contribution in [1.29, 1.82) is 0 Å². The quantitative estimate of drug-likeness (QED) is 0.442. The van der Waals surface area contributed by atoms with Crippen molar-refractivity contribution in [2.24, 2.45) is 5.84 Å². The molecule has 1 heterocycles. The number of anilines is 2.